The number of ketones is 1. The van der Waals surface area contributed by atoms with Gasteiger partial charge in [-0.3, -0.25) is 4.79 Å². The molecule has 2 nitrogen and oxygen atoms in total. The standard InChI is InChI=1S/C17H20ClNO/c18-15-6-13(19)1-2-14(15)16(20)17-7-10-3-11(8-17)5-12(4-10)9-17/h1-2,6,10-12H,3-5,7-9,19H2. The number of Topliss-reactive ketones (excluding diaryl/α,β-unsaturated/α-hetero) is 1. The Bertz CT molecular complexity index is 545. The summed E-state index contributed by atoms with van der Waals surface area (Å²) in [6, 6.07) is 5.31. The van der Waals surface area contributed by atoms with E-state index in [0.29, 0.717) is 16.3 Å². The van der Waals surface area contributed by atoms with Crippen molar-refractivity contribution in [3.8, 4) is 0 Å². The van der Waals surface area contributed by atoms with E-state index < -0.39 is 0 Å². The maximum Gasteiger partial charge on any atom is 0.170 e. The molecule has 2 N–H and O–H groups in total. The van der Waals surface area contributed by atoms with Crippen LogP contribution < -0.4 is 5.73 Å². The monoisotopic (exact) mass is 289 g/mol. The fourth-order valence-corrected chi connectivity index (χ4v) is 5.66. The molecule has 0 aliphatic heterocycles. The number of hydrogen-bond acceptors (Lipinski definition) is 2. The normalized spacial score (nSPS) is 38.1. The van der Waals surface area contributed by atoms with Crippen molar-refractivity contribution < 1.29 is 4.79 Å². The molecule has 0 amide bonds. The Morgan fingerprint density at radius 3 is 2.15 bits per heavy atom. The highest BCUT2D eigenvalue weighted by molar-refractivity contribution is 6.34. The van der Waals surface area contributed by atoms with Crippen molar-refractivity contribution in [2.45, 2.75) is 38.5 Å². The van der Waals surface area contributed by atoms with Gasteiger partial charge >= 0.3 is 0 Å². The van der Waals surface area contributed by atoms with Crippen molar-refractivity contribution in [1.82, 2.24) is 0 Å². The van der Waals surface area contributed by atoms with Crippen molar-refractivity contribution in [3.63, 3.8) is 0 Å². The van der Waals surface area contributed by atoms with E-state index in [2.05, 4.69) is 0 Å². The van der Waals surface area contributed by atoms with Gasteiger partial charge in [-0.05, 0) is 74.5 Å². The third-order valence-electron chi connectivity index (χ3n) is 5.76. The average Bonchev–Trinajstić information content (AvgIpc) is 2.36. The van der Waals surface area contributed by atoms with Gasteiger partial charge in [-0.25, -0.2) is 0 Å². The number of carbonyl (C=O) groups excluding carboxylic acids is 1. The average molecular weight is 290 g/mol. The highest BCUT2D eigenvalue weighted by Crippen LogP contribution is 2.61. The molecule has 0 atom stereocenters. The first-order valence-electron chi connectivity index (χ1n) is 7.65. The second-order valence-electron chi connectivity index (χ2n) is 7.27. The zero-order valence-electron chi connectivity index (χ0n) is 11.6. The van der Waals surface area contributed by atoms with Gasteiger partial charge in [0.05, 0.1) is 5.02 Å². The lowest BCUT2D eigenvalue weighted by atomic mass is 9.48. The summed E-state index contributed by atoms with van der Waals surface area (Å²) in [6.45, 7) is 0. The first kappa shape index (κ1) is 12.7. The summed E-state index contributed by atoms with van der Waals surface area (Å²) in [6.07, 6.45) is 7.29. The van der Waals surface area contributed by atoms with Crippen LogP contribution >= 0.6 is 11.6 Å². The summed E-state index contributed by atoms with van der Waals surface area (Å²) in [5.41, 5.74) is 6.93. The maximum atomic E-state index is 13.1. The lowest BCUT2D eigenvalue weighted by Crippen LogP contribution is -2.50. The zero-order valence-corrected chi connectivity index (χ0v) is 12.3. The van der Waals surface area contributed by atoms with E-state index in [0.717, 1.165) is 37.0 Å². The van der Waals surface area contributed by atoms with Crippen LogP contribution in [-0.2, 0) is 0 Å². The van der Waals surface area contributed by atoms with Crippen LogP contribution in [0.4, 0.5) is 5.69 Å². The van der Waals surface area contributed by atoms with E-state index in [1.807, 2.05) is 6.07 Å². The Labute approximate surface area is 124 Å². The topological polar surface area (TPSA) is 43.1 Å². The smallest absolute Gasteiger partial charge is 0.170 e. The highest BCUT2D eigenvalue weighted by atomic mass is 35.5. The van der Waals surface area contributed by atoms with Crippen LogP contribution in [0, 0.1) is 23.2 Å². The van der Waals surface area contributed by atoms with Crippen LogP contribution in [-0.4, -0.2) is 5.78 Å². The predicted molar refractivity (Wildman–Crippen MR) is 80.8 cm³/mol. The molecule has 0 radical (unpaired) electrons. The minimum Gasteiger partial charge on any atom is -0.399 e. The molecular formula is C17H20ClNO. The molecule has 0 aromatic heterocycles. The fraction of sp³-hybridized carbons (Fsp3) is 0.588. The second-order valence-corrected chi connectivity index (χ2v) is 7.67. The molecule has 0 unspecified atom stereocenters. The summed E-state index contributed by atoms with van der Waals surface area (Å²) < 4.78 is 0. The molecule has 5 rings (SSSR count). The van der Waals surface area contributed by atoms with Gasteiger partial charge in [0.2, 0.25) is 0 Å². The lowest BCUT2D eigenvalue weighted by Gasteiger charge is -2.56. The number of nitrogens with two attached hydrogens (primary N) is 1. The Hall–Kier alpha value is -1.02. The minimum absolute atomic E-state index is 0.117. The van der Waals surface area contributed by atoms with Gasteiger partial charge < -0.3 is 5.73 Å². The van der Waals surface area contributed by atoms with Crippen molar-refractivity contribution >= 4 is 23.1 Å². The number of benzene rings is 1. The molecule has 4 aliphatic rings. The summed E-state index contributed by atoms with van der Waals surface area (Å²) in [4.78, 5) is 13.1. The summed E-state index contributed by atoms with van der Waals surface area (Å²) in [5, 5.41) is 0.519. The first-order chi connectivity index (χ1) is 9.56. The van der Waals surface area contributed by atoms with E-state index in [4.69, 9.17) is 17.3 Å². The molecular weight excluding hydrogens is 270 g/mol. The number of carbonyl (C=O) groups is 1. The van der Waals surface area contributed by atoms with Gasteiger partial charge in [-0.1, -0.05) is 11.6 Å². The van der Waals surface area contributed by atoms with Crippen LogP contribution in [0.25, 0.3) is 0 Å². The largest absolute Gasteiger partial charge is 0.399 e. The number of hydrogen-bond donors (Lipinski definition) is 1. The van der Waals surface area contributed by atoms with Gasteiger partial charge in [-0.2, -0.15) is 0 Å². The first-order valence-corrected chi connectivity index (χ1v) is 8.03. The summed E-state index contributed by atoms with van der Waals surface area (Å²) in [5.74, 6) is 2.61. The van der Waals surface area contributed by atoms with Crippen LogP contribution in [0.3, 0.4) is 0 Å². The van der Waals surface area contributed by atoms with Gasteiger partial charge in [0.15, 0.2) is 5.78 Å². The van der Waals surface area contributed by atoms with Gasteiger partial charge in [0.25, 0.3) is 0 Å². The van der Waals surface area contributed by atoms with E-state index in [1.165, 1.54) is 19.3 Å². The van der Waals surface area contributed by atoms with Crippen LogP contribution in [0.2, 0.25) is 5.02 Å². The Kier molecular flexibility index (Phi) is 2.69. The van der Waals surface area contributed by atoms with Crippen molar-refractivity contribution in [2.75, 3.05) is 5.73 Å². The van der Waals surface area contributed by atoms with E-state index in [9.17, 15) is 4.79 Å². The van der Waals surface area contributed by atoms with Gasteiger partial charge in [0.1, 0.15) is 0 Å². The number of rotatable bonds is 2. The molecule has 0 spiro atoms. The molecule has 4 bridgehead atoms. The molecule has 4 fully saturated rings. The molecule has 0 heterocycles. The van der Waals surface area contributed by atoms with Crippen molar-refractivity contribution in [3.05, 3.63) is 28.8 Å². The molecule has 20 heavy (non-hydrogen) atoms. The quantitative estimate of drug-likeness (QED) is 0.651. The van der Waals surface area contributed by atoms with Gasteiger partial charge in [0, 0.05) is 16.7 Å². The molecule has 1 aromatic carbocycles. The molecule has 3 heteroatoms. The van der Waals surface area contributed by atoms with Gasteiger partial charge in [-0.15, -0.1) is 0 Å². The second kappa shape index (κ2) is 4.24. The Morgan fingerprint density at radius 1 is 1.10 bits per heavy atom. The molecule has 106 valence electrons. The van der Waals surface area contributed by atoms with Crippen LogP contribution in [0.5, 0.6) is 0 Å². The SMILES string of the molecule is Nc1ccc(C(=O)C23CC4CC(CC(C4)C2)C3)c(Cl)c1. The highest BCUT2D eigenvalue weighted by Gasteiger charge is 2.54. The fourth-order valence-electron chi connectivity index (χ4n) is 5.39. The molecule has 4 saturated carbocycles. The zero-order chi connectivity index (χ0) is 13.9. The van der Waals surface area contributed by atoms with E-state index in [-0.39, 0.29) is 11.2 Å². The molecule has 4 aliphatic carbocycles. The maximum absolute atomic E-state index is 13.1. The Morgan fingerprint density at radius 2 is 1.65 bits per heavy atom. The molecule has 1 aromatic rings. The van der Waals surface area contributed by atoms with Crippen molar-refractivity contribution in [1.29, 1.82) is 0 Å². The number of halogens is 1. The van der Waals surface area contributed by atoms with Crippen molar-refractivity contribution in [2.24, 2.45) is 23.2 Å². The van der Waals surface area contributed by atoms with E-state index in [1.54, 1.807) is 12.1 Å². The number of nitrogen functional groups attached to an aromatic ring is 1. The summed E-state index contributed by atoms with van der Waals surface area (Å²) in [7, 11) is 0. The Balaban J connectivity index is 1.71. The van der Waals surface area contributed by atoms with E-state index >= 15 is 0 Å². The molecule has 0 saturated heterocycles. The number of anilines is 1. The lowest BCUT2D eigenvalue weighted by molar-refractivity contribution is -0.0352. The van der Waals surface area contributed by atoms with Crippen LogP contribution in [0.15, 0.2) is 18.2 Å². The van der Waals surface area contributed by atoms with Crippen LogP contribution in [0.1, 0.15) is 48.9 Å². The summed E-state index contributed by atoms with van der Waals surface area (Å²) >= 11 is 6.26. The predicted octanol–water partition coefficient (Wildman–Crippen LogP) is 4.32. The third-order valence-corrected chi connectivity index (χ3v) is 6.07. The minimum atomic E-state index is -0.117. The third kappa shape index (κ3) is 1.81.